The minimum Gasteiger partial charge on any atom is -0.348 e. The molecule has 1 amide bonds. The highest BCUT2D eigenvalue weighted by Crippen LogP contribution is 2.13. The monoisotopic (exact) mass is 284 g/mol. The number of nitro benzene ring substituents is 1. The second-order valence-electron chi connectivity index (χ2n) is 4.92. The molecular weight excluding hydrogens is 268 g/mol. The summed E-state index contributed by atoms with van der Waals surface area (Å²) in [5, 5.41) is 13.4. The zero-order valence-electron chi connectivity index (χ0n) is 11.9. The van der Waals surface area contributed by atoms with E-state index in [0.717, 1.165) is 16.7 Å². The van der Waals surface area contributed by atoms with Crippen LogP contribution in [0.15, 0.2) is 42.5 Å². The van der Waals surface area contributed by atoms with Crippen LogP contribution in [0.3, 0.4) is 0 Å². The smallest absolute Gasteiger partial charge is 0.269 e. The van der Waals surface area contributed by atoms with Crippen LogP contribution in [-0.4, -0.2) is 10.8 Å². The van der Waals surface area contributed by atoms with Gasteiger partial charge in [-0.05, 0) is 31.0 Å². The van der Waals surface area contributed by atoms with Crippen LogP contribution >= 0.6 is 0 Å². The summed E-state index contributed by atoms with van der Waals surface area (Å²) in [4.78, 5) is 22.3. The molecule has 5 nitrogen and oxygen atoms in total. The third-order valence-corrected chi connectivity index (χ3v) is 3.24. The number of nitro groups is 1. The first-order chi connectivity index (χ1) is 9.97. The van der Waals surface area contributed by atoms with E-state index >= 15 is 0 Å². The molecule has 0 spiro atoms. The van der Waals surface area contributed by atoms with Crippen LogP contribution in [0.1, 0.15) is 27.0 Å². The van der Waals surface area contributed by atoms with Crippen LogP contribution in [0.5, 0.6) is 0 Å². The molecule has 0 aliphatic heterocycles. The van der Waals surface area contributed by atoms with Gasteiger partial charge in [-0.15, -0.1) is 0 Å². The third kappa shape index (κ3) is 3.66. The van der Waals surface area contributed by atoms with Gasteiger partial charge in [0, 0.05) is 24.2 Å². The quantitative estimate of drug-likeness (QED) is 0.692. The number of carbonyl (C=O) groups excluding carboxylic acids is 1. The SMILES string of the molecule is Cc1ccc(C)c(C(=O)NCc2ccc([N+](=O)[O-])cc2)c1. The van der Waals surface area contributed by atoms with Crippen LogP contribution in [0.4, 0.5) is 5.69 Å². The van der Waals surface area contributed by atoms with Crippen molar-refractivity contribution in [1.82, 2.24) is 5.32 Å². The van der Waals surface area contributed by atoms with Gasteiger partial charge in [-0.2, -0.15) is 0 Å². The van der Waals surface area contributed by atoms with Crippen molar-refractivity contribution in [3.05, 3.63) is 74.8 Å². The van der Waals surface area contributed by atoms with Gasteiger partial charge in [-0.1, -0.05) is 29.8 Å². The molecular formula is C16H16N2O3. The van der Waals surface area contributed by atoms with Crippen LogP contribution < -0.4 is 5.32 Å². The lowest BCUT2D eigenvalue weighted by Gasteiger charge is -2.08. The summed E-state index contributed by atoms with van der Waals surface area (Å²) in [6.07, 6.45) is 0. The highest BCUT2D eigenvalue weighted by molar-refractivity contribution is 5.95. The van der Waals surface area contributed by atoms with E-state index in [2.05, 4.69) is 5.32 Å². The zero-order chi connectivity index (χ0) is 15.4. The summed E-state index contributed by atoms with van der Waals surface area (Å²) in [5.74, 6) is -0.144. The number of aryl methyl sites for hydroxylation is 2. The van der Waals surface area contributed by atoms with E-state index in [1.807, 2.05) is 32.0 Å². The van der Waals surface area contributed by atoms with Gasteiger partial charge in [-0.25, -0.2) is 0 Å². The Kier molecular flexibility index (Phi) is 4.33. The Hall–Kier alpha value is -2.69. The van der Waals surface area contributed by atoms with Gasteiger partial charge in [0.15, 0.2) is 0 Å². The summed E-state index contributed by atoms with van der Waals surface area (Å²) in [7, 11) is 0. The van der Waals surface area contributed by atoms with E-state index in [1.54, 1.807) is 12.1 Å². The molecule has 2 rings (SSSR count). The van der Waals surface area contributed by atoms with Crippen molar-refractivity contribution in [2.45, 2.75) is 20.4 Å². The number of hydrogen-bond acceptors (Lipinski definition) is 3. The molecule has 0 bridgehead atoms. The maximum Gasteiger partial charge on any atom is 0.269 e. The first kappa shape index (κ1) is 14.7. The van der Waals surface area contributed by atoms with Gasteiger partial charge in [0.1, 0.15) is 0 Å². The van der Waals surface area contributed by atoms with E-state index in [1.165, 1.54) is 12.1 Å². The van der Waals surface area contributed by atoms with Gasteiger partial charge in [0.2, 0.25) is 0 Å². The van der Waals surface area contributed by atoms with E-state index < -0.39 is 4.92 Å². The maximum atomic E-state index is 12.1. The largest absolute Gasteiger partial charge is 0.348 e. The summed E-state index contributed by atoms with van der Waals surface area (Å²) in [5.41, 5.74) is 3.46. The fourth-order valence-corrected chi connectivity index (χ4v) is 1.99. The minimum absolute atomic E-state index is 0.0413. The summed E-state index contributed by atoms with van der Waals surface area (Å²) >= 11 is 0. The zero-order valence-corrected chi connectivity index (χ0v) is 11.9. The van der Waals surface area contributed by atoms with Crippen LogP contribution in [0.25, 0.3) is 0 Å². The molecule has 0 unspecified atom stereocenters. The molecule has 0 heterocycles. The Morgan fingerprint density at radius 2 is 1.81 bits per heavy atom. The maximum absolute atomic E-state index is 12.1. The predicted octanol–water partition coefficient (Wildman–Crippen LogP) is 3.14. The van der Waals surface area contributed by atoms with E-state index in [9.17, 15) is 14.9 Å². The lowest BCUT2D eigenvalue weighted by molar-refractivity contribution is -0.384. The summed E-state index contributed by atoms with van der Waals surface area (Å²) in [6, 6.07) is 11.9. The Bertz CT molecular complexity index is 678. The number of rotatable bonds is 4. The van der Waals surface area contributed by atoms with Gasteiger partial charge in [-0.3, -0.25) is 14.9 Å². The van der Waals surface area contributed by atoms with Gasteiger partial charge in [0.05, 0.1) is 4.92 Å². The summed E-state index contributed by atoms with van der Waals surface area (Å²) in [6.45, 7) is 4.16. The number of hydrogen-bond donors (Lipinski definition) is 1. The first-order valence-corrected chi connectivity index (χ1v) is 6.56. The molecule has 21 heavy (non-hydrogen) atoms. The molecule has 2 aromatic carbocycles. The van der Waals surface area contributed by atoms with E-state index in [4.69, 9.17) is 0 Å². The van der Waals surface area contributed by atoms with Crippen molar-refractivity contribution in [2.24, 2.45) is 0 Å². The highest BCUT2D eigenvalue weighted by Gasteiger charge is 2.09. The number of amides is 1. The second kappa shape index (κ2) is 6.17. The summed E-state index contributed by atoms with van der Waals surface area (Å²) < 4.78 is 0. The molecule has 0 aliphatic rings. The second-order valence-corrected chi connectivity index (χ2v) is 4.92. The van der Waals surface area contributed by atoms with Crippen LogP contribution in [-0.2, 0) is 6.54 Å². The van der Waals surface area contributed by atoms with Crippen molar-refractivity contribution in [3.8, 4) is 0 Å². The first-order valence-electron chi connectivity index (χ1n) is 6.56. The third-order valence-electron chi connectivity index (χ3n) is 3.24. The topological polar surface area (TPSA) is 72.2 Å². The number of benzene rings is 2. The average molecular weight is 284 g/mol. The number of carbonyl (C=O) groups is 1. The Morgan fingerprint density at radius 3 is 2.43 bits per heavy atom. The van der Waals surface area contributed by atoms with Crippen molar-refractivity contribution < 1.29 is 9.72 Å². The molecule has 0 saturated carbocycles. The molecule has 0 fully saturated rings. The highest BCUT2D eigenvalue weighted by atomic mass is 16.6. The fourth-order valence-electron chi connectivity index (χ4n) is 1.99. The Balaban J connectivity index is 2.04. The van der Waals surface area contributed by atoms with E-state index in [-0.39, 0.29) is 11.6 Å². The molecule has 0 radical (unpaired) electrons. The van der Waals surface area contributed by atoms with Crippen LogP contribution in [0, 0.1) is 24.0 Å². The fraction of sp³-hybridized carbons (Fsp3) is 0.188. The molecule has 1 N–H and O–H groups in total. The molecule has 0 aliphatic carbocycles. The normalized spacial score (nSPS) is 10.2. The molecule has 0 aromatic heterocycles. The molecule has 0 atom stereocenters. The number of nitrogens with one attached hydrogen (secondary N) is 1. The van der Waals surface area contributed by atoms with Gasteiger partial charge < -0.3 is 5.32 Å². The number of non-ortho nitro benzene ring substituents is 1. The van der Waals surface area contributed by atoms with E-state index in [0.29, 0.717) is 12.1 Å². The van der Waals surface area contributed by atoms with Crippen molar-refractivity contribution in [2.75, 3.05) is 0 Å². The van der Waals surface area contributed by atoms with Crippen molar-refractivity contribution >= 4 is 11.6 Å². The molecule has 108 valence electrons. The standard InChI is InChI=1S/C16H16N2O3/c1-11-3-4-12(2)15(9-11)16(19)17-10-13-5-7-14(8-6-13)18(20)21/h3-9H,10H2,1-2H3,(H,17,19). The Morgan fingerprint density at radius 1 is 1.14 bits per heavy atom. The van der Waals surface area contributed by atoms with Gasteiger partial charge in [0.25, 0.3) is 11.6 Å². The number of nitrogens with zero attached hydrogens (tertiary/aromatic N) is 1. The lowest BCUT2D eigenvalue weighted by Crippen LogP contribution is -2.23. The predicted molar refractivity (Wildman–Crippen MR) is 80.2 cm³/mol. The van der Waals surface area contributed by atoms with Crippen molar-refractivity contribution in [3.63, 3.8) is 0 Å². The average Bonchev–Trinajstić information content (AvgIpc) is 2.47. The molecule has 0 saturated heterocycles. The molecule has 5 heteroatoms. The van der Waals surface area contributed by atoms with Crippen molar-refractivity contribution in [1.29, 1.82) is 0 Å². The minimum atomic E-state index is -0.446. The van der Waals surface area contributed by atoms with Gasteiger partial charge >= 0.3 is 0 Å². The van der Waals surface area contributed by atoms with Crippen LogP contribution in [0.2, 0.25) is 0 Å². The lowest BCUT2D eigenvalue weighted by atomic mass is 10.0. The molecule has 2 aromatic rings. The Labute approximate surface area is 122 Å².